The van der Waals surface area contributed by atoms with Crippen LogP contribution < -0.4 is 5.32 Å². The molecule has 0 spiro atoms. The Morgan fingerprint density at radius 3 is 2.12 bits per heavy atom. The lowest BCUT2D eigenvalue weighted by Gasteiger charge is -2.12. The van der Waals surface area contributed by atoms with Gasteiger partial charge in [-0.15, -0.1) is 0 Å². The quantitative estimate of drug-likeness (QED) is 0.663. The Balaban J connectivity index is 1.96. The van der Waals surface area contributed by atoms with Crippen LogP contribution in [0, 0.1) is 6.92 Å². The molecular weight excluding hydrogens is 334 g/mol. The van der Waals surface area contributed by atoms with Gasteiger partial charge in [0.25, 0.3) is 5.91 Å². The number of amides is 1. The molecule has 0 aromatic heterocycles. The molecule has 0 fully saturated rings. The summed E-state index contributed by atoms with van der Waals surface area (Å²) in [6.45, 7) is 1.86. The van der Waals surface area contributed by atoms with Crippen molar-refractivity contribution in [2.75, 3.05) is 5.32 Å². The van der Waals surface area contributed by atoms with Crippen molar-refractivity contribution in [3.63, 3.8) is 0 Å². The molecule has 4 heteroatoms. The molecule has 1 amide bonds. The van der Waals surface area contributed by atoms with Crippen LogP contribution in [0.1, 0.15) is 31.8 Å². The van der Waals surface area contributed by atoms with E-state index in [9.17, 15) is 9.59 Å². The first kappa shape index (κ1) is 16.9. The molecule has 0 aliphatic rings. The molecule has 0 atom stereocenters. The summed E-state index contributed by atoms with van der Waals surface area (Å²) in [5, 5.41) is 3.28. The van der Waals surface area contributed by atoms with Crippen molar-refractivity contribution in [2.24, 2.45) is 0 Å². The molecule has 1 N–H and O–H groups in total. The summed E-state index contributed by atoms with van der Waals surface area (Å²) in [4.78, 5) is 25.5. The number of carbonyl (C=O) groups is 2. The summed E-state index contributed by atoms with van der Waals surface area (Å²) in [6.07, 6.45) is 0. The molecule has 0 saturated heterocycles. The van der Waals surface area contributed by atoms with Gasteiger partial charge < -0.3 is 5.32 Å². The van der Waals surface area contributed by atoms with Gasteiger partial charge in [-0.1, -0.05) is 72.3 Å². The van der Waals surface area contributed by atoms with Crippen LogP contribution in [0.15, 0.2) is 72.8 Å². The second-order valence-electron chi connectivity index (χ2n) is 5.63. The molecular formula is C21H16ClNO2. The monoisotopic (exact) mass is 349 g/mol. The van der Waals surface area contributed by atoms with E-state index in [0.29, 0.717) is 27.4 Å². The fourth-order valence-electron chi connectivity index (χ4n) is 2.60. The third kappa shape index (κ3) is 3.62. The average Bonchev–Trinajstić information content (AvgIpc) is 2.65. The number of hydrogen-bond acceptors (Lipinski definition) is 2. The van der Waals surface area contributed by atoms with Crippen molar-refractivity contribution < 1.29 is 9.59 Å². The number of ketones is 1. The summed E-state index contributed by atoms with van der Waals surface area (Å²) in [7, 11) is 0. The number of benzene rings is 3. The van der Waals surface area contributed by atoms with Crippen LogP contribution in [-0.2, 0) is 0 Å². The highest BCUT2D eigenvalue weighted by Crippen LogP contribution is 2.26. The van der Waals surface area contributed by atoms with Crippen LogP contribution in [0.4, 0.5) is 5.69 Å². The number of para-hydroxylation sites is 1. The number of rotatable bonds is 4. The average molecular weight is 350 g/mol. The van der Waals surface area contributed by atoms with E-state index in [2.05, 4.69) is 5.32 Å². The fraction of sp³-hybridized carbons (Fsp3) is 0.0476. The Hall–Kier alpha value is -2.91. The molecule has 3 rings (SSSR count). The lowest BCUT2D eigenvalue weighted by atomic mass is 9.98. The minimum atomic E-state index is -0.365. The molecule has 3 nitrogen and oxygen atoms in total. The third-order valence-corrected chi connectivity index (χ3v) is 4.23. The molecule has 3 aromatic carbocycles. The number of nitrogens with one attached hydrogen (secondary N) is 1. The van der Waals surface area contributed by atoms with E-state index in [1.54, 1.807) is 54.6 Å². The molecule has 3 aromatic rings. The standard InChI is InChI=1S/C21H16ClNO2/c1-14-8-7-13-18(22)19(14)23-21(25)17-12-6-5-11-16(17)20(24)15-9-3-2-4-10-15/h2-13H,1H3,(H,23,25). The number of hydrogen-bond donors (Lipinski definition) is 1. The zero-order valence-electron chi connectivity index (χ0n) is 13.6. The van der Waals surface area contributed by atoms with E-state index >= 15 is 0 Å². The smallest absolute Gasteiger partial charge is 0.256 e. The first-order valence-corrected chi connectivity index (χ1v) is 8.21. The van der Waals surface area contributed by atoms with Gasteiger partial charge in [-0.05, 0) is 24.6 Å². The summed E-state index contributed by atoms with van der Waals surface area (Å²) >= 11 is 6.18. The first-order chi connectivity index (χ1) is 12.1. The molecule has 124 valence electrons. The summed E-state index contributed by atoms with van der Waals surface area (Å²) in [5.74, 6) is -0.557. The van der Waals surface area contributed by atoms with E-state index < -0.39 is 0 Å². The van der Waals surface area contributed by atoms with Gasteiger partial charge in [0, 0.05) is 11.1 Å². The van der Waals surface area contributed by atoms with Gasteiger partial charge in [0.05, 0.1) is 16.3 Å². The molecule has 0 bridgehead atoms. The number of aryl methyl sites for hydroxylation is 1. The van der Waals surface area contributed by atoms with E-state index in [-0.39, 0.29) is 11.7 Å². The maximum Gasteiger partial charge on any atom is 0.256 e. The minimum absolute atomic E-state index is 0.192. The van der Waals surface area contributed by atoms with Gasteiger partial charge in [-0.2, -0.15) is 0 Å². The van der Waals surface area contributed by atoms with E-state index in [1.165, 1.54) is 0 Å². The number of anilines is 1. The fourth-order valence-corrected chi connectivity index (χ4v) is 2.86. The molecule has 0 aliphatic carbocycles. The predicted molar refractivity (Wildman–Crippen MR) is 100 cm³/mol. The summed E-state index contributed by atoms with van der Waals surface area (Å²) < 4.78 is 0. The lowest BCUT2D eigenvalue weighted by Crippen LogP contribution is -2.17. The van der Waals surface area contributed by atoms with Crippen molar-refractivity contribution in [3.05, 3.63) is 100 Å². The normalized spacial score (nSPS) is 10.3. The Labute approximate surface area is 151 Å². The van der Waals surface area contributed by atoms with Crippen LogP contribution in [0.2, 0.25) is 5.02 Å². The zero-order chi connectivity index (χ0) is 17.8. The van der Waals surface area contributed by atoms with E-state index in [0.717, 1.165) is 5.56 Å². The summed E-state index contributed by atoms with van der Waals surface area (Å²) in [6, 6.07) is 21.1. The van der Waals surface area contributed by atoms with Gasteiger partial charge in [0.15, 0.2) is 5.78 Å². The van der Waals surface area contributed by atoms with Gasteiger partial charge in [-0.3, -0.25) is 9.59 Å². The highest BCUT2D eigenvalue weighted by Gasteiger charge is 2.19. The van der Waals surface area contributed by atoms with Crippen molar-refractivity contribution in [1.82, 2.24) is 0 Å². The van der Waals surface area contributed by atoms with Crippen molar-refractivity contribution in [3.8, 4) is 0 Å². The molecule has 0 saturated carbocycles. The zero-order valence-corrected chi connectivity index (χ0v) is 14.4. The lowest BCUT2D eigenvalue weighted by molar-refractivity contribution is 0.0996. The molecule has 25 heavy (non-hydrogen) atoms. The second-order valence-corrected chi connectivity index (χ2v) is 6.03. The largest absolute Gasteiger partial charge is 0.320 e. The van der Waals surface area contributed by atoms with Crippen molar-refractivity contribution >= 4 is 29.0 Å². The van der Waals surface area contributed by atoms with Crippen molar-refractivity contribution in [1.29, 1.82) is 0 Å². The van der Waals surface area contributed by atoms with Gasteiger partial charge in [-0.25, -0.2) is 0 Å². The maximum atomic E-state index is 12.8. The van der Waals surface area contributed by atoms with Gasteiger partial charge in [0.1, 0.15) is 0 Å². The third-order valence-electron chi connectivity index (χ3n) is 3.91. The maximum absolute atomic E-state index is 12.8. The van der Waals surface area contributed by atoms with Crippen LogP contribution in [0.3, 0.4) is 0 Å². The predicted octanol–water partition coefficient (Wildman–Crippen LogP) is 5.13. The molecule has 0 radical (unpaired) electrons. The van der Waals surface area contributed by atoms with Gasteiger partial charge >= 0.3 is 0 Å². The highest BCUT2D eigenvalue weighted by atomic mass is 35.5. The van der Waals surface area contributed by atoms with E-state index in [4.69, 9.17) is 11.6 Å². The molecule has 0 aliphatic heterocycles. The topological polar surface area (TPSA) is 46.2 Å². The minimum Gasteiger partial charge on any atom is -0.320 e. The molecule has 0 heterocycles. The number of halogens is 1. The first-order valence-electron chi connectivity index (χ1n) is 7.83. The Morgan fingerprint density at radius 2 is 1.44 bits per heavy atom. The summed E-state index contributed by atoms with van der Waals surface area (Å²) in [5.41, 5.74) is 2.62. The van der Waals surface area contributed by atoms with Crippen LogP contribution in [0.5, 0.6) is 0 Å². The SMILES string of the molecule is Cc1cccc(Cl)c1NC(=O)c1ccccc1C(=O)c1ccccc1. The van der Waals surface area contributed by atoms with Crippen molar-refractivity contribution in [2.45, 2.75) is 6.92 Å². The Bertz CT molecular complexity index is 915. The highest BCUT2D eigenvalue weighted by molar-refractivity contribution is 6.34. The van der Waals surface area contributed by atoms with Crippen LogP contribution >= 0.6 is 11.6 Å². The van der Waals surface area contributed by atoms with E-state index in [1.807, 2.05) is 25.1 Å². The Morgan fingerprint density at radius 1 is 0.800 bits per heavy atom. The Kier molecular flexibility index (Phi) is 4.96. The van der Waals surface area contributed by atoms with Crippen LogP contribution in [0.25, 0.3) is 0 Å². The number of carbonyl (C=O) groups excluding carboxylic acids is 2. The second kappa shape index (κ2) is 7.32. The van der Waals surface area contributed by atoms with Crippen LogP contribution in [-0.4, -0.2) is 11.7 Å². The van der Waals surface area contributed by atoms with Gasteiger partial charge in [0.2, 0.25) is 0 Å². The molecule has 0 unspecified atom stereocenters.